The van der Waals surface area contributed by atoms with Crippen molar-refractivity contribution >= 4 is 21.8 Å². The first-order valence-corrected chi connectivity index (χ1v) is 11.4. The van der Waals surface area contributed by atoms with Crippen molar-refractivity contribution in [2.45, 2.75) is 52.4 Å². The summed E-state index contributed by atoms with van der Waals surface area (Å²) in [4.78, 5) is 14.2. The molecule has 0 fully saturated rings. The number of benzene rings is 2. The maximum absolute atomic E-state index is 5.92. The van der Waals surface area contributed by atoms with Gasteiger partial charge >= 0.3 is 0 Å². The predicted octanol–water partition coefficient (Wildman–Crippen LogP) is 6.47. The molecule has 178 valence electrons. The third kappa shape index (κ3) is 4.02. The van der Waals surface area contributed by atoms with Crippen LogP contribution in [0.4, 0.5) is 0 Å². The number of fused-ring (bicyclic) bond motifs is 2. The van der Waals surface area contributed by atoms with Gasteiger partial charge in [-0.2, -0.15) is 0 Å². The van der Waals surface area contributed by atoms with E-state index in [0.29, 0.717) is 17.2 Å². The molecular weight excluding hydrogens is 426 g/mol. The summed E-state index contributed by atoms with van der Waals surface area (Å²) in [6, 6.07) is 10.2. The summed E-state index contributed by atoms with van der Waals surface area (Å²) in [5.74, 6) is 2.02. The van der Waals surface area contributed by atoms with Gasteiger partial charge in [0.25, 0.3) is 0 Å². The van der Waals surface area contributed by atoms with E-state index >= 15 is 0 Å². The Hall–Kier alpha value is -3.41. The van der Waals surface area contributed by atoms with Gasteiger partial charge in [-0.05, 0) is 35.2 Å². The highest BCUT2D eigenvalue weighted by atomic mass is 16.5. The van der Waals surface area contributed by atoms with Crippen LogP contribution in [0.1, 0.15) is 52.8 Å². The van der Waals surface area contributed by atoms with Crippen molar-refractivity contribution in [3.8, 4) is 28.5 Å². The molecule has 0 bridgehead atoms. The molecule has 0 amide bonds. The summed E-state index contributed by atoms with van der Waals surface area (Å²) in [6.45, 7) is 13.0. The Balaban J connectivity index is 2.06. The van der Waals surface area contributed by atoms with Crippen molar-refractivity contribution in [1.29, 1.82) is 0 Å². The van der Waals surface area contributed by atoms with Gasteiger partial charge in [-0.3, -0.25) is 0 Å². The number of pyridine rings is 1. The number of aromatic nitrogens is 3. The SMILES string of the molecule is COc1cc2nc(-c3ccc4c(C(C)(C)C)ncnc4c3OC)cc(C(C)(C)C)c2cc1OC. The molecule has 2 aromatic carbocycles. The molecule has 0 N–H and O–H groups in total. The number of nitrogens with zero attached hydrogens (tertiary/aromatic N) is 3. The van der Waals surface area contributed by atoms with E-state index < -0.39 is 0 Å². The third-order valence-electron chi connectivity index (χ3n) is 6.07. The molecule has 0 atom stereocenters. The topological polar surface area (TPSA) is 66.4 Å². The highest BCUT2D eigenvalue weighted by molar-refractivity contribution is 5.95. The van der Waals surface area contributed by atoms with Gasteiger partial charge in [-0.25, -0.2) is 15.0 Å². The number of methoxy groups -OCH3 is 3. The average Bonchev–Trinajstić information content (AvgIpc) is 2.79. The van der Waals surface area contributed by atoms with E-state index in [9.17, 15) is 0 Å². The van der Waals surface area contributed by atoms with Crippen molar-refractivity contribution in [1.82, 2.24) is 15.0 Å². The van der Waals surface area contributed by atoms with Crippen LogP contribution in [0.2, 0.25) is 0 Å². The zero-order chi connectivity index (χ0) is 24.8. The number of hydrogen-bond donors (Lipinski definition) is 0. The fourth-order valence-corrected chi connectivity index (χ4v) is 4.42. The molecule has 0 unspecified atom stereocenters. The molecule has 2 aromatic heterocycles. The maximum atomic E-state index is 5.92. The average molecular weight is 460 g/mol. The summed E-state index contributed by atoms with van der Waals surface area (Å²) < 4.78 is 17.0. The van der Waals surface area contributed by atoms with Crippen LogP contribution < -0.4 is 14.2 Å². The van der Waals surface area contributed by atoms with Crippen LogP contribution in [0.15, 0.2) is 36.7 Å². The van der Waals surface area contributed by atoms with Gasteiger partial charge in [-0.15, -0.1) is 0 Å². The fourth-order valence-electron chi connectivity index (χ4n) is 4.42. The van der Waals surface area contributed by atoms with E-state index in [4.69, 9.17) is 19.2 Å². The minimum atomic E-state index is -0.124. The van der Waals surface area contributed by atoms with E-state index in [1.165, 1.54) is 0 Å². The number of ether oxygens (including phenoxy) is 3. The molecule has 0 radical (unpaired) electrons. The number of hydrogen-bond acceptors (Lipinski definition) is 6. The Bertz CT molecular complexity index is 1380. The summed E-state index contributed by atoms with van der Waals surface area (Å²) in [7, 11) is 4.96. The zero-order valence-corrected chi connectivity index (χ0v) is 21.5. The van der Waals surface area contributed by atoms with Crippen LogP contribution in [0.25, 0.3) is 33.1 Å². The maximum Gasteiger partial charge on any atom is 0.162 e. The number of rotatable bonds is 4. The lowest BCUT2D eigenvalue weighted by atomic mass is 9.83. The molecule has 6 heteroatoms. The lowest BCUT2D eigenvalue weighted by Gasteiger charge is -2.24. The van der Waals surface area contributed by atoms with Crippen molar-refractivity contribution < 1.29 is 14.2 Å². The second-order valence-corrected chi connectivity index (χ2v) is 10.5. The minimum Gasteiger partial charge on any atom is -0.494 e. The summed E-state index contributed by atoms with van der Waals surface area (Å²) in [6.07, 6.45) is 1.61. The third-order valence-corrected chi connectivity index (χ3v) is 6.07. The van der Waals surface area contributed by atoms with E-state index in [0.717, 1.165) is 44.3 Å². The Morgan fingerprint density at radius 1 is 0.706 bits per heavy atom. The molecule has 2 heterocycles. The van der Waals surface area contributed by atoms with Gasteiger partial charge in [0.2, 0.25) is 0 Å². The van der Waals surface area contributed by atoms with Gasteiger partial charge in [-0.1, -0.05) is 41.5 Å². The first-order valence-electron chi connectivity index (χ1n) is 11.4. The summed E-state index contributed by atoms with van der Waals surface area (Å²) in [5.41, 5.74) is 5.22. The normalized spacial score (nSPS) is 12.3. The van der Waals surface area contributed by atoms with Gasteiger partial charge in [0.1, 0.15) is 11.8 Å². The Morgan fingerprint density at radius 3 is 1.97 bits per heavy atom. The lowest BCUT2D eigenvalue weighted by molar-refractivity contribution is 0.355. The van der Waals surface area contributed by atoms with Crippen LogP contribution in [0.3, 0.4) is 0 Å². The second-order valence-electron chi connectivity index (χ2n) is 10.5. The van der Waals surface area contributed by atoms with Crippen molar-refractivity contribution in [3.05, 3.63) is 47.9 Å². The molecule has 4 rings (SSSR count). The summed E-state index contributed by atoms with van der Waals surface area (Å²) in [5, 5.41) is 2.02. The predicted molar refractivity (Wildman–Crippen MR) is 137 cm³/mol. The molecule has 0 aliphatic rings. The molecule has 0 aliphatic carbocycles. The molecular formula is C28H33N3O3. The van der Waals surface area contributed by atoms with Crippen LogP contribution in [-0.4, -0.2) is 36.3 Å². The molecule has 0 saturated heterocycles. The van der Waals surface area contributed by atoms with E-state index in [1.807, 2.05) is 12.1 Å². The Kier molecular flexibility index (Phi) is 5.88. The van der Waals surface area contributed by atoms with Gasteiger partial charge in [0.15, 0.2) is 17.2 Å². The van der Waals surface area contributed by atoms with Crippen LogP contribution in [0, 0.1) is 0 Å². The van der Waals surface area contributed by atoms with Gasteiger partial charge in [0.05, 0.1) is 38.2 Å². The van der Waals surface area contributed by atoms with Crippen LogP contribution >= 0.6 is 0 Å². The molecule has 4 aromatic rings. The second kappa shape index (κ2) is 8.42. The smallest absolute Gasteiger partial charge is 0.162 e. The first kappa shape index (κ1) is 23.7. The molecule has 0 spiro atoms. The van der Waals surface area contributed by atoms with Gasteiger partial charge < -0.3 is 14.2 Å². The van der Waals surface area contributed by atoms with E-state index in [2.05, 4.69) is 69.7 Å². The monoisotopic (exact) mass is 459 g/mol. The van der Waals surface area contributed by atoms with E-state index in [-0.39, 0.29) is 10.8 Å². The standard InChI is InChI=1S/C28H33N3O3/c1-27(2,3)19-13-20(31-21-14-23(33-8)22(32-7)12-18(19)21)16-10-11-17-24(25(16)34-9)29-15-30-26(17)28(4,5)6/h10-15H,1-9H3. The quantitative estimate of drug-likeness (QED) is 0.349. The molecule has 0 aliphatic heterocycles. The van der Waals surface area contributed by atoms with Crippen molar-refractivity contribution in [2.75, 3.05) is 21.3 Å². The summed E-state index contributed by atoms with van der Waals surface area (Å²) >= 11 is 0. The Morgan fingerprint density at radius 2 is 1.38 bits per heavy atom. The highest BCUT2D eigenvalue weighted by Gasteiger charge is 2.25. The highest BCUT2D eigenvalue weighted by Crippen LogP contribution is 2.42. The van der Waals surface area contributed by atoms with Gasteiger partial charge in [0, 0.05) is 27.8 Å². The Labute approximate surface area is 201 Å². The van der Waals surface area contributed by atoms with Crippen molar-refractivity contribution in [3.63, 3.8) is 0 Å². The fraction of sp³-hybridized carbons (Fsp3) is 0.393. The lowest BCUT2D eigenvalue weighted by Crippen LogP contribution is -2.15. The molecule has 34 heavy (non-hydrogen) atoms. The largest absolute Gasteiger partial charge is 0.494 e. The van der Waals surface area contributed by atoms with E-state index in [1.54, 1.807) is 27.7 Å². The zero-order valence-electron chi connectivity index (χ0n) is 21.5. The van der Waals surface area contributed by atoms with Crippen LogP contribution in [-0.2, 0) is 10.8 Å². The van der Waals surface area contributed by atoms with Crippen LogP contribution in [0.5, 0.6) is 17.2 Å². The first-order chi connectivity index (χ1) is 16.0. The molecule has 0 saturated carbocycles. The van der Waals surface area contributed by atoms with Crippen molar-refractivity contribution in [2.24, 2.45) is 0 Å². The molecule has 6 nitrogen and oxygen atoms in total. The minimum absolute atomic E-state index is 0.121.